The van der Waals surface area contributed by atoms with E-state index in [1.54, 1.807) is 24.4 Å². The van der Waals surface area contributed by atoms with Crippen LogP contribution in [0.15, 0.2) is 47.8 Å². The number of nitrogens with zero attached hydrogens (tertiary/aromatic N) is 2. The predicted octanol–water partition coefficient (Wildman–Crippen LogP) is 2.17. The first-order chi connectivity index (χ1) is 10.1. The largest absolute Gasteiger partial charge is 0.409 e. The zero-order chi connectivity index (χ0) is 15.2. The van der Waals surface area contributed by atoms with E-state index in [1.165, 1.54) is 12.1 Å². The van der Waals surface area contributed by atoms with Crippen molar-refractivity contribution >= 4 is 5.84 Å². The Morgan fingerprint density at radius 1 is 1.38 bits per heavy atom. The number of benzene rings is 1. The van der Waals surface area contributed by atoms with Crippen LogP contribution in [-0.4, -0.2) is 16.0 Å². The van der Waals surface area contributed by atoms with Crippen molar-refractivity contribution in [2.45, 2.75) is 19.5 Å². The Morgan fingerprint density at radius 3 is 2.76 bits per heavy atom. The molecule has 0 aliphatic heterocycles. The van der Waals surface area contributed by atoms with E-state index < -0.39 is 0 Å². The summed E-state index contributed by atoms with van der Waals surface area (Å²) in [6.07, 6.45) is 1.58. The van der Waals surface area contributed by atoms with Gasteiger partial charge < -0.3 is 16.3 Å². The van der Waals surface area contributed by atoms with Crippen LogP contribution in [0, 0.1) is 5.82 Å². The second-order valence-corrected chi connectivity index (χ2v) is 4.65. The molecular weight excluding hydrogens is 271 g/mol. The van der Waals surface area contributed by atoms with Gasteiger partial charge >= 0.3 is 0 Å². The van der Waals surface area contributed by atoms with Crippen molar-refractivity contribution in [1.82, 2.24) is 10.3 Å². The molecule has 4 N–H and O–H groups in total. The van der Waals surface area contributed by atoms with Gasteiger partial charge in [-0.25, -0.2) is 4.39 Å². The number of amidine groups is 1. The fourth-order valence-corrected chi connectivity index (χ4v) is 1.99. The van der Waals surface area contributed by atoms with Crippen molar-refractivity contribution < 1.29 is 9.60 Å². The summed E-state index contributed by atoms with van der Waals surface area (Å²) >= 11 is 0. The van der Waals surface area contributed by atoms with E-state index in [-0.39, 0.29) is 17.7 Å². The first kappa shape index (κ1) is 14.9. The van der Waals surface area contributed by atoms with Crippen molar-refractivity contribution in [2.75, 3.05) is 0 Å². The second-order valence-electron chi connectivity index (χ2n) is 4.65. The fourth-order valence-electron chi connectivity index (χ4n) is 1.99. The van der Waals surface area contributed by atoms with Gasteiger partial charge in [-0.2, -0.15) is 0 Å². The monoisotopic (exact) mass is 288 g/mol. The van der Waals surface area contributed by atoms with Gasteiger partial charge in [-0.3, -0.25) is 4.98 Å². The Morgan fingerprint density at radius 2 is 2.10 bits per heavy atom. The van der Waals surface area contributed by atoms with Gasteiger partial charge in [0, 0.05) is 18.8 Å². The molecule has 1 atom stereocenters. The van der Waals surface area contributed by atoms with E-state index in [4.69, 9.17) is 10.9 Å². The smallest absolute Gasteiger partial charge is 0.189 e. The van der Waals surface area contributed by atoms with Crippen LogP contribution in [0.25, 0.3) is 0 Å². The SMILES string of the molecule is C[C@@H](NCc1cccnc1/C(N)=N/O)c1ccc(F)cc1. The summed E-state index contributed by atoms with van der Waals surface area (Å²) in [4.78, 5) is 4.11. The third-order valence-corrected chi connectivity index (χ3v) is 3.21. The first-order valence-corrected chi connectivity index (χ1v) is 6.52. The summed E-state index contributed by atoms with van der Waals surface area (Å²) in [6.45, 7) is 2.48. The molecule has 0 spiro atoms. The lowest BCUT2D eigenvalue weighted by molar-refractivity contribution is 0.318. The lowest BCUT2D eigenvalue weighted by Crippen LogP contribution is -2.23. The average Bonchev–Trinajstić information content (AvgIpc) is 2.52. The molecule has 1 aromatic heterocycles. The normalized spacial score (nSPS) is 13.1. The van der Waals surface area contributed by atoms with Crippen LogP contribution >= 0.6 is 0 Å². The molecule has 1 heterocycles. The van der Waals surface area contributed by atoms with E-state index in [0.29, 0.717) is 12.2 Å². The molecule has 110 valence electrons. The maximum atomic E-state index is 12.9. The van der Waals surface area contributed by atoms with Crippen molar-refractivity contribution in [2.24, 2.45) is 10.9 Å². The molecule has 0 aliphatic rings. The Bertz CT molecular complexity index is 628. The highest BCUT2D eigenvalue weighted by Crippen LogP contribution is 2.14. The molecule has 0 saturated heterocycles. The molecule has 0 aliphatic carbocycles. The third kappa shape index (κ3) is 3.76. The molecule has 0 fully saturated rings. The molecule has 0 saturated carbocycles. The summed E-state index contributed by atoms with van der Waals surface area (Å²) in [6, 6.07) is 10.0. The highest BCUT2D eigenvalue weighted by Gasteiger charge is 2.10. The van der Waals surface area contributed by atoms with Crippen LogP contribution in [0.5, 0.6) is 0 Å². The molecule has 0 unspecified atom stereocenters. The standard InChI is InChI=1S/C15H17FN4O/c1-10(11-4-6-13(16)7-5-11)19-9-12-3-2-8-18-14(12)15(17)20-21/h2-8,10,19,21H,9H2,1H3,(H2,17,20)/t10-/m1/s1. The van der Waals surface area contributed by atoms with Gasteiger partial charge in [-0.15, -0.1) is 0 Å². The van der Waals surface area contributed by atoms with Gasteiger partial charge in [0.05, 0.1) is 0 Å². The van der Waals surface area contributed by atoms with Crippen molar-refractivity contribution in [3.05, 3.63) is 65.2 Å². The third-order valence-electron chi connectivity index (χ3n) is 3.21. The Balaban J connectivity index is 2.08. The van der Waals surface area contributed by atoms with Crippen molar-refractivity contribution in [1.29, 1.82) is 0 Å². The number of hydrogen-bond donors (Lipinski definition) is 3. The van der Waals surface area contributed by atoms with E-state index in [2.05, 4.69) is 15.5 Å². The van der Waals surface area contributed by atoms with Gasteiger partial charge in [-0.1, -0.05) is 23.4 Å². The fraction of sp³-hybridized carbons (Fsp3) is 0.200. The Kier molecular flexibility index (Phi) is 4.84. The van der Waals surface area contributed by atoms with Gasteiger partial charge in [0.25, 0.3) is 0 Å². The molecule has 6 heteroatoms. The number of oxime groups is 1. The summed E-state index contributed by atoms with van der Waals surface area (Å²) in [5.41, 5.74) is 7.84. The molecule has 1 aromatic carbocycles. The topological polar surface area (TPSA) is 83.5 Å². The van der Waals surface area contributed by atoms with Crippen LogP contribution in [0.4, 0.5) is 4.39 Å². The predicted molar refractivity (Wildman–Crippen MR) is 78.4 cm³/mol. The molecule has 0 amide bonds. The molecule has 21 heavy (non-hydrogen) atoms. The summed E-state index contributed by atoms with van der Waals surface area (Å²) in [5, 5.41) is 15.0. The van der Waals surface area contributed by atoms with E-state index in [0.717, 1.165) is 11.1 Å². The van der Waals surface area contributed by atoms with Crippen molar-refractivity contribution in [3.63, 3.8) is 0 Å². The van der Waals surface area contributed by atoms with Crippen LogP contribution < -0.4 is 11.1 Å². The highest BCUT2D eigenvalue weighted by molar-refractivity contribution is 5.96. The maximum Gasteiger partial charge on any atom is 0.189 e. The number of hydrogen-bond acceptors (Lipinski definition) is 4. The lowest BCUT2D eigenvalue weighted by Gasteiger charge is -2.15. The number of aromatic nitrogens is 1. The quantitative estimate of drug-likeness (QED) is 0.341. The van der Waals surface area contributed by atoms with E-state index >= 15 is 0 Å². The molecule has 0 radical (unpaired) electrons. The van der Waals surface area contributed by atoms with E-state index in [9.17, 15) is 4.39 Å². The summed E-state index contributed by atoms with van der Waals surface area (Å²) < 4.78 is 12.9. The minimum absolute atomic E-state index is 0.0261. The van der Waals surface area contributed by atoms with Gasteiger partial charge in [0.2, 0.25) is 0 Å². The molecule has 2 aromatic rings. The second kappa shape index (κ2) is 6.81. The van der Waals surface area contributed by atoms with Crippen LogP contribution in [0.1, 0.15) is 29.8 Å². The molecule has 2 rings (SSSR count). The molecule has 0 bridgehead atoms. The zero-order valence-corrected chi connectivity index (χ0v) is 11.6. The van der Waals surface area contributed by atoms with Crippen molar-refractivity contribution in [3.8, 4) is 0 Å². The number of pyridine rings is 1. The molecular formula is C15H17FN4O. The van der Waals surface area contributed by atoms with Crippen LogP contribution in [0.2, 0.25) is 0 Å². The zero-order valence-electron chi connectivity index (χ0n) is 11.6. The van der Waals surface area contributed by atoms with Crippen LogP contribution in [-0.2, 0) is 6.54 Å². The number of nitrogens with one attached hydrogen (secondary N) is 1. The summed E-state index contributed by atoms with van der Waals surface area (Å²) in [5.74, 6) is -0.283. The van der Waals surface area contributed by atoms with Gasteiger partial charge in [0.1, 0.15) is 11.5 Å². The average molecular weight is 288 g/mol. The number of halogens is 1. The Hall–Kier alpha value is -2.47. The van der Waals surface area contributed by atoms with Gasteiger partial charge in [-0.05, 0) is 36.2 Å². The maximum absolute atomic E-state index is 12.9. The minimum Gasteiger partial charge on any atom is -0.409 e. The van der Waals surface area contributed by atoms with Crippen LogP contribution in [0.3, 0.4) is 0 Å². The summed E-state index contributed by atoms with van der Waals surface area (Å²) in [7, 11) is 0. The highest BCUT2D eigenvalue weighted by atomic mass is 19.1. The number of nitrogens with two attached hydrogens (primary N) is 1. The molecule has 5 nitrogen and oxygen atoms in total. The Labute approximate surface area is 122 Å². The lowest BCUT2D eigenvalue weighted by atomic mass is 10.1. The number of rotatable bonds is 5. The van der Waals surface area contributed by atoms with Gasteiger partial charge in [0.15, 0.2) is 5.84 Å². The minimum atomic E-state index is -0.257. The first-order valence-electron chi connectivity index (χ1n) is 6.52. The van der Waals surface area contributed by atoms with E-state index in [1.807, 2.05) is 13.0 Å².